The second kappa shape index (κ2) is 13.1. The Morgan fingerprint density at radius 2 is 1.45 bits per heavy atom. The average Bonchev–Trinajstić information content (AvgIpc) is 3.05. The Morgan fingerprint density at radius 3 is 1.95 bits per heavy atom. The Kier molecular flexibility index (Phi) is 9.31. The third kappa shape index (κ3) is 5.55. The molecule has 2 aromatic carbocycles. The maximum absolute atomic E-state index is 13.7. The van der Waals surface area contributed by atoms with Gasteiger partial charge in [0, 0.05) is 24.7 Å². The summed E-state index contributed by atoms with van der Waals surface area (Å²) < 4.78 is 33.8. The van der Waals surface area contributed by atoms with Crippen molar-refractivity contribution in [2.24, 2.45) is 0 Å². The van der Waals surface area contributed by atoms with Crippen LogP contribution in [0.5, 0.6) is 34.5 Å². The number of nitrogens with zero attached hydrogens (tertiary/aromatic N) is 2. The van der Waals surface area contributed by atoms with Crippen LogP contribution in [0.1, 0.15) is 29.5 Å². The minimum absolute atomic E-state index is 0.207. The third-order valence-corrected chi connectivity index (χ3v) is 8.51. The second-order valence-electron chi connectivity index (χ2n) is 10.2. The molecule has 5 rings (SSSR count). The van der Waals surface area contributed by atoms with Crippen molar-refractivity contribution in [2.75, 3.05) is 73.9 Å². The van der Waals surface area contributed by atoms with Crippen molar-refractivity contribution in [3.8, 4) is 34.5 Å². The lowest BCUT2D eigenvalue weighted by Gasteiger charge is -2.39. The predicted octanol–water partition coefficient (Wildman–Crippen LogP) is 4.77. The number of aromatic nitrogens is 2. The van der Waals surface area contributed by atoms with E-state index in [1.54, 1.807) is 42.7 Å². The molecule has 1 atom stereocenters. The summed E-state index contributed by atoms with van der Waals surface area (Å²) in [6.45, 7) is 4.24. The first-order chi connectivity index (χ1) is 21.3. The van der Waals surface area contributed by atoms with Gasteiger partial charge in [-0.15, -0.1) is 0 Å². The molecule has 0 saturated carbocycles. The monoisotopic (exact) mass is 622 g/mol. The molecule has 11 nitrogen and oxygen atoms in total. The van der Waals surface area contributed by atoms with Gasteiger partial charge in [-0.1, -0.05) is 18.7 Å². The molecule has 0 fully saturated rings. The summed E-state index contributed by atoms with van der Waals surface area (Å²) in [6.07, 6.45) is 3.99. The van der Waals surface area contributed by atoms with E-state index in [1.807, 2.05) is 30.5 Å². The molecule has 0 amide bonds. The molecule has 2 N–H and O–H groups in total. The minimum Gasteiger partial charge on any atom is -0.493 e. The van der Waals surface area contributed by atoms with Gasteiger partial charge in [0.25, 0.3) is 5.56 Å². The minimum atomic E-state index is -0.445. The molecule has 0 bridgehead atoms. The molecular formula is C32H38N4O7S. The van der Waals surface area contributed by atoms with E-state index in [0.717, 1.165) is 34.5 Å². The van der Waals surface area contributed by atoms with E-state index < -0.39 is 5.92 Å². The molecule has 0 radical (unpaired) electrons. The summed E-state index contributed by atoms with van der Waals surface area (Å²) in [5.74, 6) is 3.20. The Morgan fingerprint density at radius 1 is 0.886 bits per heavy atom. The smallest absolute Gasteiger partial charge is 0.257 e. The number of rotatable bonds is 10. The molecule has 12 heteroatoms. The number of thioether (sulfide) groups is 1. The van der Waals surface area contributed by atoms with E-state index >= 15 is 0 Å². The number of hydrogen-bond acceptors (Lipinski definition) is 11. The van der Waals surface area contributed by atoms with Gasteiger partial charge >= 0.3 is 0 Å². The molecule has 0 aliphatic carbocycles. The van der Waals surface area contributed by atoms with E-state index in [4.69, 9.17) is 33.4 Å². The predicted molar refractivity (Wildman–Crippen MR) is 171 cm³/mol. The summed E-state index contributed by atoms with van der Waals surface area (Å²) in [5.41, 5.74) is 4.99. The number of hydrogen-bond donors (Lipinski definition) is 2. The van der Waals surface area contributed by atoms with Crippen molar-refractivity contribution in [3.63, 3.8) is 0 Å². The Hall–Kier alpha value is -4.29. The number of nitrogens with one attached hydrogen (secondary N) is 2. The lowest BCUT2D eigenvalue weighted by molar-refractivity contribution is 0.320. The SMILES string of the molecule is CCN1CC2=C(Nc3nc(SC)[nH]c(=O)c3C2c2cc(OC)c(OC)c(OC)c2)/C(=C/c2cc(OC)c(OC)c(OC)c2)C1. The van der Waals surface area contributed by atoms with Gasteiger partial charge in [-0.05, 0) is 65.4 Å². The number of fused-ring (bicyclic) bond motifs is 1. The highest BCUT2D eigenvalue weighted by Crippen LogP contribution is 2.48. The van der Waals surface area contributed by atoms with Gasteiger partial charge in [-0.2, -0.15) is 0 Å². The molecule has 3 heterocycles. The lowest BCUT2D eigenvalue weighted by atomic mass is 9.78. The first-order valence-electron chi connectivity index (χ1n) is 14.1. The Balaban J connectivity index is 1.79. The fraction of sp³-hybridized carbons (Fsp3) is 0.375. The van der Waals surface area contributed by atoms with Crippen molar-refractivity contribution >= 4 is 23.7 Å². The summed E-state index contributed by atoms with van der Waals surface area (Å²) in [5, 5.41) is 4.08. The van der Waals surface area contributed by atoms with Crippen LogP contribution in [0.4, 0.5) is 5.82 Å². The van der Waals surface area contributed by atoms with E-state index in [-0.39, 0.29) is 5.56 Å². The first kappa shape index (κ1) is 31.1. The highest BCUT2D eigenvalue weighted by molar-refractivity contribution is 7.98. The molecule has 2 aliphatic heterocycles. The first-order valence-corrected chi connectivity index (χ1v) is 15.3. The van der Waals surface area contributed by atoms with Gasteiger partial charge in [-0.25, -0.2) is 4.98 Å². The van der Waals surface area contributed by atoms with Crippen molar-refractivity contribution < 1.29 is 28.4 Å². The number of benzene rings is 2. The highest BCUT2D eigenvalue weighted by atomic mass is 32.2. The zero-order valence-corrected chi connectivity index (χ0v) is 27.1. The van der Waals surface area contributed by atoms with Gasteiger partial charge in [0.2, 0.25) is 11.5 Å². The van der Waals surface area contributed by atoms with Crippen molar-refractivity contribution in [1.29, 1.82) is 0 Å². The maximum atomic E-state index is 13.7. The number of H-pyrrole nitrogens is 1. The molecule has 234 valence electrons. The van der Waals surface area contributed by atoms with Crippen molar-refractivity contribution in [2.45, 2.75) is 18.0 Å². The van der Waals surface area contributed by atoms with E-state index in [9.17, 15) is 4.79 Å². The van der Waals surface area contributed by atoms with Crippen LogP contribution >= 0.6 is 11.8 Å². The number of ether oxygens (including phenoxy) is 6. The van der Waals surface area contributed by atoms with E-state index in [0.29, 0.717) is 64.1 Å². The molecule has 2 aliphatic rings. The van der Waals surface area contributed by atoms with Gasteiger partial charge in [0.05, 0.1) is 48.2 Å². The van der Waals surface area contributed by atoms with Crippen molar-refractivity contribution in [1.82, 2.24) is 14.9 Å². The van der Waals surface area contributed by atoms with Gasteiger partial charge < -0.3 is 38.7 Å². The number of likely N-dealkylation sites (N-methyl/N-ethyl adjacent to an activating group) is 1. The van der Waals surface area contributed by atoms with Gasteiger partial charge in [0.15, 0.2) is 28.2 Å². The zero-order chi connectivity index (χ0) is 31.5. The molecule has 44 heavy (non-hydrogen) atoms. The van der Waals surface area contributed by atoms with Crippen LogP contribution in [0, 0.1) is 0 Å². The van der Waals surface area contributed by atoms with Crippen LogP contribution in [0.2, 0.25) is 0 Å². The zero-order valence-electron chi connectivity index (χ0n) is 26.2. The summed E-state index contributed by atoms with van der Waals surface area (Å²) in [6, 6.07) is 7.64. The quantitative estimate of drug-likeness (QED) is 0.241. The van der Waals surface area contributed by atoms with Crippen LogP contribution < -0.4 is 39.3 Å². The topological polar surface area (TPSA) is 116 Å². The molecule has 1 aromatic heterocycles. The normalized spacial score (nSPS) is 17.0. The molecule has 1 unspecified atom stereocenters. The fourth-order valence-corrected chi connectivity index (χ4v) is 6.25. The Bertz CT molecular complexity index is 1630. The van der Waals surface area contributed by atoms with E-state index in [2.05, 4.69) is 28.2 Å². The number of anilines is 1. The fourth-order valence-electron chi connectivity index (χ4n) is 5.88. The summed E-state index contributed by atoms with van der Waals surface area (Å²) in [7, 11) is 9.52. The summed E-state index contributed by atoms with van der Waals surface area (Å²) in [4.78, 5) is 23.8. The highest BCUT2D eigenvalue weighted by Gasteiger charge is 2.38. The van der Waals surface area contributed by atoms with Gasteiger partial charge in [0.1, 0.15) is 5.82 Å². The van der Waals surface area contributed by atoms with Crippen LogP contribution in [-0.4, -0.2) is 83.4 Å². The van der Waals surface area contributed by atoms with Crippen LogP contribution in [0.25, 0.3) is 6.08 Å². The summed E-state index contributed by atoms with van der Waals surface area (Å²) >= 11 is 1.38. The molecule has 0 spiro atoms. The van der Waals surface area contributed by atoms with Crippen LogP contribution in [0.15, 0.2) is 51.1 Å². The second-order valence-corrected chi connectivity index (χ2v) is 11.0. The molecule has 3 aromatic rings. The number of methoxy groups -OCH3 is 6. The molecule has 0 saturated heterocycles. The van der Waals surface area contributed by atoms with E-state index in [1.165, 1.54) is 11.8 Å². The Labute approximate surface area is 261 Å². The largest absolute Gasteiger partial charge is 0.493 e. The van der Waals surface area contributed by atoms with Crippen LogP contribution in [0.3, 0.4) is 0 Å². The average molecular weight is 623 g/mol. The standard InChI is InChI=1S/C32H38N4O7S/c1-9-36-15-19(10-17-11-21(38-2)28(42-6)22(12-17)39-3)27-20(16-36)25(26-30(33-27)34-32(44-8)35-31(26)37)18-13-23(40-4)29(43-7)24(14-18)41-5/h10-14,25H,9,15-16H2,1-8H3,(H2,33,34,35,37)/b19-10+. The molecular weight excluding hydrogens is 584 g/mol. The lowest BCUT2D eigenvalue weighted by Crippen LogP contribution is -2.40. The van der Waals surface area contributed by atoms with Crippen molar-refractivity contribution in [3.05, 3.63) is 68.2 Å². The van der Waals surface area contributed by atoms with Gasteiger partial charge in [-0.3, -0.25) is 9.69 Å². The van der Waals surface area contributed by atoms with Crippen LogP contribution in [-0.2, 0) is 0 Å². The maximum Gasteiger partial charge on any atom is 0.257 e. The number of aromatic amines is 1. The third-order valence-electron chi connectivity index (χ3n) is 7.93.